The Hall–Kier alpha value is -3.06. The molecule has 0 fully saturated rings. The minimum atomic E-state index is -0.512. The molecule has 0 unspecified atom stereocenters. The van der Waals surface area contributed by atoms with Crippen molar-refractivity contribution in [2.75, 3.05) is 25.1 Å². The maximum atomic E-state index is 12.3. The van der Waals surface area contributed by atoms with E-state index in [1.807, 2.05) is 6.92 Å². The molecular formula is C21H21ClN2O5. The Labute approximate surface area is 173 Å². The Balaban J connectivity index is 1.51. The molecule has 7 nitrogen and oxygen atoms in total. The molecule has 0 aromatic heterocycles. The molecule has 0 bridgehead atoms. The molecule has 152 valence electrons. The van der Waals surface area contributed by atoms with Gasteiger partial charge in [0.1, 0.15) is 12.4 Å². The summed E-state index contributed by atoms with van der Waals surface area (Å²) in [5.41, 5.74) is 1.70. The standard InChI is InChI=1S/C21H21ClN2O5/c1-2-23-20(26)13-4-3-5-17(10-13)24-19(25)12-29-21(27)15-8-14-9-16(22)6-7-18(14)28-11-15/h3-7,9-10,15H,2,8,11-12H2,1H3,(H,23,26)(H,24,25)/t15-/m1/s1. The lowest BCUT2D eigenvalue weighted by atomic mass is 9.97. The number of hydrogen-bond donors (Lipinski definition) is 2. The maximum absolute atomic E-state index is 12.3. The van der Waals surface area contributed by atoms with Crippen LogP contribution in [0.2, 0.25) is 5.02 Å². The summed E-state index contributed by atoms with van der Waals surface area (Å²) in [6.07, 6.45) is 0.435. The van der Waals surface area contributed by atoms with Gasteiger partial charge in [-0.25, -0.2) is 0 Å². The molecule has 2 aromatic carbocycles. The Morgan fingerprint density at radius 3 is 2.83 bits per heavy atom. The number of amides is 2. The number of anilines is 1. The third kappa shape index (κ3) is 5.48. The van der Waals surface area contributed by atoms with Gasteiger partial charge in [-0.2, -0.15) is 0 Å². The van der Waals surface area contributed by atoms with Gasteiger partial charge in [0, 0.05) is 22.8 Å². The van der Waals surface area contributed by atoms with E-state index in [1.165, 1.54) is 0 Å². The minimum absolute atomic E-state index is 0.184. The summed E-state index contributed by atoms with van der Waals surface area (Å²) in [6, 6.07) is 11.8. The summed E-state index contributed by atoms with van der Waals surface area (Å²) in [4.78, 5) is 36.3. The van der Waals surface area contributed by atoms with E-state index in [0.29, 0.717) is 35.0 Å². The van der Waals surface area contributed by atoms with Gasteiger partial charge in [-0.15, -0.1) is 0 Å². The number of carbonyl (C=O) groups is 3. The van der Waals surface area contributed by atoms with Crippen LogP contribution in [0.5, 0.6) is 5.75 Å². The molecule has 2 amide bonds. The fourth-order valence-corrected chi connectivity index (χ4v) is 3.16. The zero-order chi connectivity index (χ0) is 20.8. The van der Waals surface area contributed by atoms with Gasteiger partial charge in [0.15, 0.2) is 6.61 Å². The maximum Gasteiger partial charge on any atom is 0.313 e. The molecule has 0 aliphatic carbocycles. The van der Waals surface area contributed by atoms with Crippen LogP contribution in [0, 0.1) is 5.92 Å². The zero-order valence-electron chi connectivity index (χ0n) is 15.9. The number of benzene rings is 2. The number of nitrogens with one attached hydrogen (secondary N) is 2. The van der Waals surface area contributed by atoms with E-state index in [4.69, 9.17) is 21.1 Å². The number of esters is 1. The zero-order valence-corrected chi connectivity index (χ0v) is 16.6. The number of halogens is 1. The number of hydrogen-bond acceptors (Lipinski definition) is 5. The van der Waals surface area contributed by atoms with Crippen LogP contribution in [0.15, 0.2) is 42.5 Å². The fraction of sp³-hybridized carbons (Fsp3) is 0.286. The van der Waals surface area contributed by atoms with Gasteiger partial charge in [0.05, 0.1) is 5.92 Å². The van der Waals surface area contributed by atoms with Crippen LogP contribution in [-0.4, -0.2) is 37.5 Å². The molecule has 1 aliphatic rings. The summed E-state index contributed by atoms with van der Waals surface area (Å²) in [5.74, 6) is -1.04. The average molecular weight is 417 g/mol. The Kier molecular flexibility index (Phi) is 6.72. The second-order valence-corrected chi connectivity index (χ2v) is 7.00. The summed E-state index contributed by atoms with van der Waals surface area (Å²) in [6.45, 7) is 2.09. The number of fused-ring (bicyclic) bond motifs is 1. The van der Waals surface area contributed by atoms with Gasteiger partial charge in [-0.3, -0.25) is 14.4 Å². The smallest absolute Gasteiger partial charge is 0.313 e. The van der Waals surface area contributed by atoms with Crippen molar-refractivity contribution in [2.24, 2.45) is 5.92 Å². The van der Waals surface area contributed by atoms with Gasteiger partial charge in [0.25, 0.3) is 11.8 Å². The van der Waals surface area contributed by atoms with Crippen molar-refractivity contribution in [2.45, 2.75) is 13.3 Å². The quantitative estimate of drug-likeness (QED) is 0.706. The fourth-order valence-electron chi connectivity index (χ4n) is 2.97. The highest BCUT2D eigenvalue weighted by atomic mass is 35.5. The van der Waals surface area contributed by atoms with Gasteiger partial charge in [-0.1, -0.05) is 17.7 Å². The lowest BCUT2D eigenvalue weighted by Gasteiger charge is -2.24. The van der Waals surface area contributed by atoms with Crippen LogP contribution < -0.4 is 15.4 Å². The molecule has 0 radical (unpaired) electrons. The van der Waals surface area contributed by atoms with E-state index in [-0.39, 0.29) is 12.5 Å². The molecule has 3 rings (SSSR count). The topological polar surface area (TPSA) is 93.7 Å². The van der Waals surface area contributed by atoms with Crippen LogP contribution in [0.3, 0.4) is 0 Å². The molecule has 1 atom stereocenters. The summed E-state index contributed by atoms with van der Waals surface area (Å²) in [5, 5.41) is 5.87. The van der Waals surface area contributed by atoms with Crippen molar-refractivity contribution in [1.29, 1.82) is 0 Å². The lowest BCUT2D eigenvalue weighted by molar-refractivity contribution is -0.152. The first-order valence-corrected chi connectivity index (χ1v) is 9.60. The van der Waals surface area contributed by atoms with Gasteiger partial charge in [-0.05, 0) is 55.3 Å². The van der Waals surface area contributed by atoms with Crippen LogP contribution in [0.1, 0.15) is 22.8 Å². The highest BCUT2D eigenvalue weighted by Gasteiger charge is 2.28. The van der Waals surface area contributed by atoms with Gasteiger partial charge in [0.2, 0.25) is 0 Å². The molecule has 0 saturated carbocycles. The molecule has 1 aliphatic heterocycles. The van der Waals surface area contributed by atoms with Crippen molar-refractivity contribution in [1.82, 2.24) is 5.32 Å². The molecule has 1 heterocycles. The number of ether oxygens (including phenoxy) is 2. The summed E-state index contributed by atoms with van der Waals surface area (Å²) in [7, 11) is 0. The normalized spacial score (nSPS) is 14.9. The van der Waals surface area contributed by atoms with E-state index in [9.17, 15) is 14.4 Å². The highest BCUT2D eigenvalue weighted by Crippen LogP contribution is 2.30. The van der Waals surface area contributed by atoms with Crippen molar-refractivity contribution >= 4 is 35.1 Å². The Morgan fingerprint density at radius 2 is 2.03 bits per heavy atom. The van der Waals surface area contributed by atoms with E-state index in [0.717, 1.165) is 5.56 Å². The van der Waals surface area contributed by atoms with E-state index in [1.54, 1.807) is 42.5 Å². The van der Waals surface area contributed by atoms with Crippen LogP contribution in [0.25, 0.3) is 0 Å². The number of carbonyl (C=O) groups excluding carboxylic acids is 3. The molecule has 2 aromatic rings. The average Bonchev–Trinajstić information content (AvgIpc) is 2.71. The van der Waals surface area contributed by atoms with Crippen LogP contribution in [0.4, 0.5) is 5.69 Å². The first-order valence-electron chi connectivity index (χ1n) is 9.22. The first kappa shape index (κ1) is 20.7. The van der Waals surface area contributed by atoms with Crippen molar-refractivity contribution in [3.05, 3.63) is 58.6 Å². The monoisotopic (exact) mass is 416 g/mol. The largest absolute Gasteiger partial charge is 0.492 e. The predicted octanol–water partition coefficient (Wildman–Crippen LogP) is 2.82. The SMILES string of the molecule is CCNC(=O)c1cccc(NC(=O)COC(=O)[C@H]2COc3ccc(Cl)cc3C2)c1. The van der Waals surface area contributed by atoms with E-state index < -0.39 is 24.4 Å². The highest BCUT2D eigenvalue weighted by molar-refractivity contribution is 6.30. The third-order valence-electron chi connectivity index (χ3n) is 4.35. The minimum Gasteiger partial charge on any atom is -0.492 e. The van der Waals surface area contributed by atoms with Crippen LogP contribution in [-0.2, 0) is 20.7 Å². The van der Waals surface area contributed by atoms with E-state index >= 15 is 0 Å². The molecule has 0 spiro atoms. The van der Waals surface area contributed by atoms with Crippen molar-refractivity contribution in [3.63, 3.8) is 0 Å². The second-order valence-electron chi connectivity index (χ2n) is 6.56. The second kappa shape index (κ2) is 9.43. The molecule has 0 saturated heterocycles. The third-order valence-corrected chi connectivity index (χ3v) is 4.59. The van der Waals surface area contributed by atoms with Crippen LogP contribution >= 0.6 is 11.6 Å². The Morgan fingerprint density at radius 1 is 1.21 bits per heavy atom. The molecule has 8 heteroatoms. The Bertz CT molecular complexity index is 931. The van der Waals surface area contributed by atoms with Crippen molar-refractivity contribution in [3.8, 4) is 5.75 Å². The molecule has 29 heavy (non-hydrogen) atoms. The van der Waals surface area contributed by atoms with Gasteiger partial charge >= 0.3 is 5.97 Å². The lowest BCUT2D eigenvalue weighted by Crippen LogP contribution is -2.32. The summed E-state index contributed by atoms with van der Waals surface area (Å²) >= 11 is 5.98. The van der Waals surface area contributed by atoms with Crippen molar-refractivity contribution < 1.29 is 23.9 Å². The predicted molar refractivity (Wildman–Crippen MR) is 108 cm³/mol. The number of rotatable bonds is 6. The first-order chi connectivity index (χ1) is 14.0. The summed E-state index contributed by atoms with van der Waals surface area (Å²) < 4.78 is 10.7. The molecular weight excluding hydrogens is 396 g/mol. The molecule has 2 N–H and O–H groups in total. The van der Waals surface area contributed by atoms with E-state index in [2.05, 4.69) is 10.6 Å². The van der Waals surface area contributed by atoms with Gasteiger partial charge < -0.3 is 20.1 Å².